The predicted molar refractivity (Wildman–Crippen MR) is 111 cm³/mol. The number of hydrogen-bond donors (Lipinski definition) is 3. The van der Waals surface area contributed by atoms with E-state index in [2.05, 4.69) is 63.8 Å². The minimum atomic E-state index is 0. The molecule has 4 rings (SSSR count). The van der Waals surface area contributed by atoms with Crippen molar-refractivity contribution < 1.29 is 0 Å². The molecule has 130 valence electrons. The van der Waals surface area contributed by atoms with Crippen LogP contribution in [-0.4, -0.2) is 23.1 Å². The maximum atomic E-state index is 5.57. The quantitative estimate of drug-likeness (QED) is 0.489. The molecule has 2 heterocycles. The average Bonchev–Trinajstić information content (AvgIpc) is 2.99. The first kappa shape index (κ1) is 19.1. The molecule has 0 bridgehead atoms. The van der Waals surface area contributed by atoms with Gasteiger partial charge in [0.25, 0.3) is 0 Å². The summed E-state index contributed by atoms with van der Waals surface area (Å²) >= 11 is 0. The molecule has 6 heteroatoms. The summed E-state index contributed by atoms with van der Waals surface area (Å²) in [6, 6.07) is 18.8. The van der Waals surface area contributed by atoms with Crippen LogP contribution in [0.2, 0.25) is 0 Å². The lowest BCUT2D eigenvalue weighted by Gasteiger charge is -2.08. The van der Waals surface area contributed by atoms with Gasteiger partial charge >= 0.3 is 0 Å². The first-order valence-electron chi connectivity index (χ1n) is 7.76. The van der Waals surface area contributed by atoms with E-state index in [0.29, 0.717) is 6.54 Å². The van der Waals surface area contributed by atoms with Crippen LogP contribution < -0.4 is 11.1 Å². The number of hydrogen-bond acceptors (Lipinski definition) is 3. The van der Waals surface area contributed by atoms with Crippen LogP contribution in [0.3, 0.4) is 0 Å². The van der Waals surface area contributed by atoms with Gasteiger partial charge in [0.05, 0.1) is 0 Å². The number of anilines is 1. The van der Waals surface area contributed by atoms with Crippen molar-refractivity contribution in [3.8, 4) is 11.1 Å². The Balaban J connectivity index is 0.00000113. The summed E-state index contributed by atoms with van der Waals surface area (Å²) in [7, 11) is 0. The van der Waals surface area contributed by atoms with Gasteiger partial charge in [-0.15, -0.1) is 24.8 Å². The number of nitrogens with two attached hydrogens (primary N) is 1. The van der Waals surface area contributed by atoms with Crippen molar-refractivity contribution in [2.75, 3.05) is 18.4 Å². The Morgan fingerprint density at radius 1 is 1.00 bits per heavy atom. The van der Waals surface area contributed by atoms with Gasteiger partial charge in [-0.1, -0.05) is 30.3 Å². The first-order valence-corrected chi connectivity index (χ1v) is 7.76. The number of aromatic nitrogens is 2. The third-order valence-electron chi connectivity index (χ3n) is 4.05. The molecule has 2 aromatic carbocycles. The van der Waals surface area contributed by atoms with Gasteiger partial charge in [-0.3, -0.25) is 0 Å². The van der Waals surface area contributed by atoms with Crippen LogP contribution in [-0.2, 0) is 0 Å². The smallest absolute Gasteiger partial charge is 0.138 e. The van der Waals surface area contributed by atoms with Crippen LogP contribution in [0.15, 0.2) is 60.8 Å². The Hall–Kier alpha value is -2.27. The van der Waals surface area contributed by atoms with Crippen molar-refractivity contribution in [2.45, 2.75) is 0 Å². The van der Waals surface area contributed by atoms with Crippen LogP contribution >= 0.6 is 24.8 Å². The molecule has 0 fully saturated rings. The van der Waals surface area contributed by atoms with Crippen molar-refractivity contribution >= 4 is 52.4 Å². The van der Waals surface area contributed by atoms with E-state index in [0.717, 1.165) is 23.4 Å². The Bertz CT molecular complexity index is 981. The van der Waals surface area contributed by atoms with Crippen molar-refractivity contribution in [3.05, 3.63) is 60.8 Å². The lowest BCUT2D eigenvalue weighted by atomic mass is 10.0. The standard InChI is InChI=1S/C19H18N4.2ClH/c20-9-11-21-14-5-3-4-13(12-14)15-8-10-22-19-18(15)16-6-1-2-7-17(16)23-19;;/h1-8,10,12,21H,9,11,20H2,(H,22,23);2*1H. The number of fused-ring (bicyclic) bond motifs is 3. The van der Waals surface area contributed by atoms with Gasteiger partial charge in [-0.2, -0.15) is 0 Å². The van der Waals surface area contributed by atoms with Gasteiger partial charge in [0.1, 0.15) is 5.65 Å². The number of para-hydroxylation sites is 1. The summed E-state index contributed by atoms with van der Waals surface area (Å²) in [5, 5.41) is 5.70. The Labute approximate surface area is 158 Å². The molecule has 25 heavy (non-hydrogen) atoms. The molecule has 4 N–H and O–H groups in total. The predicted octanol–water partition coefficient (Wildman–Crippen LogP) is 4.60. The van der Waals surface area contributed by atoms with Crippen LogP contribution in [0.4, 0.5) is 5.69 Å². The van der Waals surface area contributed by atoms with E-state index in [1.807, 2.05) is 12.3 Å². The lowest BCUT2D eigenvalue weighted by Crippen LogP contribution is -2.12. The van der Waals surface area contributed by atoms with Crippen molar-refractivity contribution in [2.24, 2.45) is 5.73 Å². The molecule has 0 aliphatic heterocycles. The SMILES string of the molecule is Cl.Cl.NCCNc1cccc(-c2ccnc3[nH]c4ccccc4c23)c1. The molecule has 0 atom stereocenters. The Kier molecular flexibility index (Phi) is 6.26. The van der Waals surface area contributed by atoms with E-state index in [1.54, 1.807) is 0 Å². The highest BCUT2D eigenvalue weighted by Gasteiger charge is 2.11. The fourth-order valence-corrected chi connectivity index (χ4v) is 3.02. The second-order valence-corrected chi connectivity index (χ2v) is 5.55. The number of benzene rings is 2. The molecule has 4 aromatic rings. The number of nitrogens with zero attached hydrogens (tertiary/aromatic N) is 1. The van der Waals surface area contributed by atoms with Gasteiger partial charge in [0, 0.05) is 41.3 Å². The summed E-state index contributed by atoms with van der Waals surface area (Å²) < 4.78 is 0. The van der Waals surface area contributed by atoms with Crippen LogP contribution in [0.1, 0.15) is 0 Å². The average molecular weight is 375 g/mol. The molecule has 0 aliphatic rings. The maximum absolute atomic E-state index is 5.57. The molecule has 0 amide bonds. The number of aromatic amines is 1. The van der Waals surface area contributed by atoms with Crippen LogP contribution in [0.25, 0.3) is 33.1 Å². The second kappa shape index (κ2) is 8.21. The molecule has 4 nitrogen and oxygen atoms in total. The van der Waals surface area contributed by atoms with Crippen molar-refractivity contribution in [3.63, 3.8) is 0 Å². The monoisotopic (exact) mass is 374 g/mol. The molecule has 0 spiro atoms. The van der Waals surface area contributed by atoms with Gasteiger partial charge in [-0.05, 0) is 35.4 Å². The van der Waals surface area contributed by atoms with Crippen LogP contribution in [0.5, 0.6) is 0 Å². The van der Waals surface area contributed by atoms with Gasteiger partial charge < -0.3 is 16.0 Å². The molecular weight excluding hydrogens is 355 g/mol. The highest BCUT2D eigenvalue weighted by atomic mass is 35.5. The summed E-state index contributed by atoms with van der Waals surface area (Å²) in [4.78, 5) is 7.88. The molecular formula is C19H20Cl2N4. The molecule has 0 unspecified atom stereocenters. The fourth-order valence-electron chi connectivity index (χ4n) is 3.02. The molecule has 2 aromatic heterocycles. The van der Waals surface area contributed by atoms with Gasteiger partial charge in [0.15, 0.2) is 0 Å². The summed E-state index contributed by atoms with van der Waals surface area (Å²) in [5.41, 5.74) is 11.0. The van der Waals surface area contributed by atoms with E-state index in [1.165, 1.54) is 21.9 Å². The summed E-state index contributed by atoms with van der Waals surface area (Å²) in [6.45, 7) is 1.38. The van der Waals surface area contributed by atoms with E-state index in [-0.39, 0.29) is 24.8 Å². The number of halogens is 2. The largest absolute Gasteiger partial charge is 0.384 e. The zero-order valence-corrected chi connectivity index (χ0v) is 15.2. The number of H-pyrrole nitrogens is 1. The van der Waals surface area contributed by atoms with E-state index < -0.39 is 0 Å². The molecule has 0 saturated heterocycles. The number of pyridine rings is 1. The van der Waals surface area contributed by atoms with E-state index >= 15 is 0 Å². The second-order valence-electron chi connectivity index (χ2n) is 5.55. The maximum Gasteiger partial charge on any atom is 0.138 e. The number of nitrogens with one attached hydrogen (secondary N) is 2. The first-order chi connectivity index (χ1) is 11.4. The van der Waals surface area contributed by atoms with Crippen LogP contribution in [0, 0.1) is 0 Å². The summed E-state index contributed by atoms with van der Waals surface area (Å²) in [6.07, 6.45) is 1.85. The fraction of sp³-hybridized carbons (Fsp3) is 0.105. The minimum absolute atomic E-state index is 0. The topological polar surface area (TPSA) is 66.7 Å². The van der Waals surface area contributed by atoms with Crippen molar-refractivity contribution in [1.29, 1.82) is 0 Å². The Morgan fingerprint density at radius 2 is 1.84 bits per heavy atom. The molecule has 0 saturated carbocycles. The highest BCUT2D eigenvalue weighted by molar-refractivity contribution is 6.12. The summed E-state index contributed by atoms with van der Waals surface area (Å²) in [5.74, 6) is 0. The molecule has 0 aliphatic carbocycles. The van der Waals surface area contributed by atoms with E-state index in [9.17, 15) is 0 Å². The zero-order chi connectivity index (χ0) is 15.6. The minimum Gasteiger partial charge on any atom is -0.384 e. The Morgan fingerprint density at radius 3 is 2.68 bits per heavy atom. The third-order valence-corrected chi connectivity index (χ3v) is 4.05. The normalized spacial score (nSPS) is 10.3. The highest BCUT2D eigenvalue weighted by Crippen LogP contribution is 2.34. The van der Waals surface area contributed by atoms with Gasteiger partial charge in [0.2, 0.25) is 0 Å². The number of rotatable bonds is 4. The lowest BCUT2D eigenvalue weighted by molar-refractivity contribution is 1.02. The third kappa shape index (κ3) is 3.56. The zero-order valence-electron chi connectivity index (χ0n) is 13.5. The molecule has 0 radical (unpaired) electrons. The van der Waals surface area contributed by atoms with Gasteiger partial charge in [-0.25, -0.2) is 4.98 Å². The van der Waals surface area contributed by atoms with Crippen molar-refractivity contribution in [1.82, 2.24) is 9.97 Å². The van der Waals surface area contributed by atoms with E-state index in [4.69, 9.17) is 5.73 Å².